The van der Waals surface area contributed by atoms with E-state index in [1.165, 1.54) is 11.3 Å². The Bertz CT molecular complexity index is 1120. The molecule has 0 saturated heterocycles. The average molecular weight is 482 g/mol. The van der Waals surface area contributed by atoms with Gasteiger partial charge in [0.05, 0.1) is 18.1 Å². The Morgan fingerprint density at radius 3 is 2.32 bits per heavy atom. The number of fused-ring (bicyclic) bond motifs is 1. The van der Waals surface area contributed by atoms with Crippen molar-refractivity contribution in [3.05, 3.63) is 69.4 Å². The van der Waals surface area contributed by atoms with Gasteiger partial charge in [-0.15, -0.1) is 11.3 Å². The van der Waals surface area contributed by atoms with E-state index >= 15 is 0 Å². The molecule has 0 fully saturated rings. The molecule has 1 aliphatic heterocycles. The van der Waals surface area contributed by atoms with Crippen molar-refractivity contribution in [2.24, 2.45) is 0 Å². The van der Waals surface area contributed by atoms with Crippen LogP contribution in [0.15, 0.2) is 48.5 Å². The lowest BCUT2D eigenvalue weighted by atomic mass is 10.1. The molecule has 0 bridgehead atoms. The molecule has 2 aromatic carbocycles. The molecule has 8 heteroatoms. The van der Waals surface area contributed by atoms with Crippen molar-refractivity contribution in [3.63, 3.8) is 0 Å². The molecule has 2 N–H and O–H groups in total. The lowest BCUT2D eigenvalue weighted by molar-refractivity contribution is 0.111. The van der Waals surface area contributed by atoms with E-state index in [4.69, 9.17) is 14.2 Å². The van der Waals surface area contributed by atoms with Gasteiger partial charge < -0.3 is 29.3 Å². The summed E-state index contributed by atoms with van der Waals surface area (Å²) in [4.78, 5) is 14.7. The second-order valence-electron chi connectivity index (χ2n) is 7.57. The largest absolute Gasteiger partial charge is 0.488 e. The first-order valence-corrected chi connectivity index (χ1v) is 11.9. The van der Waals surface area contributed by atoms with Crippen LogP contribution in [0, 0.1) is 0 Å². The summed E-state index contributed by atoms with van der Waals surface area (Å²) in [7, 11) is 0. The Morgan fingerprint density at radius 1 is 0.941 bits per heavy atom. The molecule has 7 nitrogen and oxygen atoms in total. The van der Waals surface area contributed by atoms with Gasteiger partial charge in [-0.1, -0.05) is 30.3 Å². The van der Waals surface area contributed by atoms with Crippen molar-refractivity contribution in [3.8, 4) is 17.2 Å². The first-order chi connectivity index (χ1) is 16.7. The lowest BCUT2D eigenvalue weighted by Gasteiger charge is -2.24. The number of aliphatic hydroxyl groups is 2. The monoisotopic (exact) mass is 481 g/mol. The normalized spacial score (nSPS) is 12.6. The molecular weight excluding hydrogens is 454 g/mol. The number of hydrogen-bond donors (Lipinski definition) is 2. The smallest absolute Gasteiger partial charge is 0.183 e. The minimum absolute atomic E-state index is 0.0213. The zero-order valence-corrected chi connectivity index (χ0v) is 19.5. The average Bonchev–Trinajstić information content (AvgIpc) is 3.25. The summed E-state index contributed by atoms with van der Waals surface area (Å²) in [5.41, 5.74) is 2.73. The van der Waals surface area contributed by atoms with E-state index in [-0.39, 0.29) is 13.2 Å². The second kappa shape index (κ2) is 11.7. The maximum Gasteiger partial charge on any atom is 0.183 e. The van der Waals surface area contributed by atoms with Gasteiger partial charge in [0.2, 0.25) is 0 Å². The number of thiophene rings is 1. The number of ether oxygens (including phenoxy) is 3. The number of aldehydes is 1. The number of hydrogen-bond acceptors (Lipinski definition) is 8. The highest BCUT2D eigenvalue weighted by Gasteiger charge is 2.23. The molecule has 0 spiro atoms. The van der Waals surface area contributed by atoms with E-state index in [9.17, 15) is 15.0 Å². The summed E-state index contributed by atoms with van der Waals surface area (Å²) in [6.45, 7) is 2.02. The molecule has 3 aromatic rings. The Morgan fingerprint density at radius 2 is 1.65 bits per heavy atom. The fourth-order valence-electron chi connectivity index (χ4n) is 3.68. The van der Waals surface area contributed by atoms with Crippen molar-refractivity contribution < 1.29 is 29.2 Å². The molecule has 0 amide bonds. The van der Waals surface area contributed by atoms with Crippen LogP contribution in [-0.2, 0) is 6.61 Å². The minimum Gasteiger partial charge on any atom is -0.488 e. The third kappa shape index (κ3) is 5.59. The van der Waals surface area contributed by atoms with Crippen molar-refractivity contribution in [2.45, 2.75) is 6.61 Å². The molecule has 34 heavy (non-hydrogen) atoms. The second-order valence-corrected chi connectivity index (χ2v) is 8.65. The minimum atomic E-state index is -0.0213. The van der Waals surface area contributed by atoms with Crippen LogP contribution >= 0.6 is 11.3 Å². The number of aliphatic hydroxyl groups excluding tert-OH is 2. The fourth-order valence-corrected chi connectivity index (χ4v) is 4.59. The summed E-state index contributed by atoms with van der Waals surface area (Å²) in [6, 6.07) is 15.7. The SMILES string of the molecule is O=Cc1sc(C=Cc2ccc(N(CCO)CCO)cc2OCc2ccccc2)c2c1OCCO2. The van der Waals surface area contributed by atoms with E-state index in [0.717, 1.165) is 28.0 Å². The van der Waals surface area contributed by atoms with Gasteiger partial charge in [-0.2, -0.15) is 0 Å². The third-order valence-electron chi connectivity index (χ3n) is 5.31. The molecule has 2 heterocycles. The van der Waals surface area contributed by atoms with Gasteiger partial charge in [0, 0.05) is 30.4 Å². The predicted octanol–water partition coefficient (Wildman–Crippen LogP) is 3.87. The van der Waals surface area contributed by atoms with E-state index in [0.29, 0.717) is 55.0 Å². The molecule has 0 unspecified atom stereocenters. The molecule has 0 radical (unpaired) electrons. The van der Waals surface area contributed by atoms with Crippen LogP contribution in [0.3, 0.4) is 0 Å². The van der Waals surface area contributed by atoms with Gasteiger partial charge in [0.25, 0.3) is 0 Å². The molecule has 4 rings (SSSR count). The van der Waals surface area contributed by atoms with Gasteiger partial charge >= 0.3 is 0 Å². The summed E-state index contributed by atoms with van der Waals surface area (Å²) in [5.74, 6) is 1.76. The Balaban J connectivity index is 1.65. The van der Waals surface area contributed by atoms with Crippen LogP contribution in [-0.4, -0.2) is 56.0 Å². The summed E-state index contributed by atoms with van der Waals surface area (Å²) in [5, 5.41) is 18.8. The Labute approximate surface area is 202 Å². The number of anilines is 1. The number of carbonyl (C=O) groups excluding carboxylic acids is 1. The first-order valence-electron chi connectivity index (χ1n) is 11.1. The van der Waals surface area contributed by atoms with Gasteiger partial charge in [-0.3, -0.25) is 4.79 Å². The molecular formula is C26H27NO6S. The summed E-state index contributed by atoms with van der Waals surface area (Å²) < 4.78 is 17.6. The molecule has 0 aliphatic carbocycles. The van der Waals surface area contributed by atoms with Crippen LogP contribution in [0.2, 0.25) is 0 Å². The zero-order valence-electron chi connectivity index (χ0n) is 18.7. The van der Waals surface area contributed by atoms with E-state index in [2.05, 4.69) is 0 Å². The number of nitrogens with zero attached hydrogens (tertiary/aromatic N) is 1. The molecule has 0 saturated carbocycles. The van der Waals surface area contributed by atoms with Crippen LogP contribution in [0.4, 0.5) is 5.69 Å². The van der Waals surface area contributed by atoms with E-state index < -0.39 is 0 Å². The van der Waals surface area contributed by atoms with Crippen LogP contribution < -0.4 is 19.1 Å². The summed E-state index contributed by atoms with van der Waals surface area (Å²) in [6.07, 6.45) is 4.61. The van der Waals surface area contributed by atoms with Crippen LogP contribution in [0.25, 0.3) is 12.2 Å². The number of rotatable bonds is 11. The van der Waals surface area contributed by atoms with Crippen molar-refractivity contribution in [2.75, 3.05) is 44.4 Å². The van der Waals surface area contributed by atoms with E-state index in [1.54, 1.807) is 0 Å². The molecule has 0 atom stereocenters. The number of benzene rings is 2. The van der Waals surface area contributed by atoms with Gasteiger partial charge in [0.15, 0.2) is 17.8 Å². The Hall–Kier alpha value is -3.33. The van der Waals surface area contributed by atoms with E-state index in [1.807, 2.05) is 65.6 Å². The van der Waals surface area contributed by atoms with Crippen LogP contribution in [0.1, 0.15) is 25.7 Å². The van der Waals surface area contributed by atoms with Crippen molar-refractivity contribution in [1.82, 2.24) is 0 Å². The standard InChI is InChI=1S/C26H27NO6S/c28-12-10-27(11-13-29)21-8-6-20(22(16-21)33-18-19-4-2-1-3-5-19)7-9-23-25-26(24(17-30)34-23)32-15-14-31-25/h1-9,16-17,28-29H,10-15,18H2. The molecule has 1 aromatic heterocycles. The molecule has 1 aliphatic rings. The van der Waals surface area contributed by atoms with Gasteiger partial charge in [0.1, 0.15) is 30.4 Å². The maximum atomic E-state index is 11.4. The van der Waals surface area contributed by atoms with Crippen LogP contribution in [0.5, 0.6) is 17.2 Å². The first kappa shape index (κ1) is 23.8. The quantitative estimate of drug-likeness (QED) is 0.402. The maximum absolute atomic E-state index is 11.4. The molecule has 178 valence electrons. The lowest BCUT2D eigenvalue weighted by Crippen LogP contribution is -2.29. The number of carbonyl (C=O) groups is 1. The topological polar surface area (TPSA) is 88.5 Å². The van der Waals surface area contributed by atoms with Crippen molar-refractivity contribution in [1.29, 1.82) is 0 Å². The predicted molar refractivity (Wildman–Crippen MR) is 133 cm³/mol. The highest BCUT2D eigenvalue weighted by atomic mass is 32.1. The summed E-state index contributed by atoms with van der Waals surface area (Å²) >= 11 is 1.32. The van der Waals surface area contributed by atoms with Crippen molar-refractivity contribution >= 4 is 35.5 Å². The highest BCUT2D eigenvalue weighted by molar-refractivity contribution is 7.15. The highest BCUT2D eigenvalue weighted by Crippen LogP contribution is 2.44. The zero-order chi connectivity index (χ0) is 23.8. The fraction of sp³-hybridized carbons (Fsp3) is 0.269. The van der Waals surface area contributed by atoms with Gasteiger partial charge in [-0.25, -0.2) is 0 Å². The third-order valence-corrected chi connectivity index (χ3v) is 6.35. The Kier molecular flexibility index (Phi) is 8.19. The van der Waals surface area contributed by atoms with Gasteiger partial charge in [-0.05, 0) is 29.8 Å².